The summed E-state index contributed by atoms with van der Waals surface area (Å²) in [4.78, 5) is 12.5. The van der Waals surface area contributed by atoms with Gasteiger partial charge in [0.2, 0.25) is 0 Å². The molecule has 0 aliphatic carbocycles. The van der Waals surface area contributed by atoms with E-state index < -0.39 is 5.56 Å². The molecule has 134 valence electrons. The van der Waals surface area contributed by atoms with Crippen LogP contribution in [-0.4, -0.2) is 9.78 Å². The summed E-state index contributed by atoms with van der Waals surface area (Å²) in [6.45, 7) is 1.96. The highest BCUT2D eigenvalue weighted by atomic mass is 35.5. The molecule has 0 unspecified atom stereocenters. The molecule has 0 saturated carbocycles. The maximum Gasteiger partial charge on any atom is 0.290 e. The lowest BCUT2D eigenvalue weighted by molar-refractivity contribution is 0.610. The molecule has 4 N–H and O–H groups in total. The SMILES string of the molecule is Cc1c(-c2ccc(F)c(CN)c2)nn(Cc2ccccc2Cl)c(=O)c1N. The first-order valence-electron chi connectivity index (χ1n) is 8.01. The van der Waals surface area contributed by atoms with Crippen LogP contribution in [0, 0.1) is 12.7 Å². The van der Waals surface area contributed by atoms with Crippen LogP contribution in [0.1, 0.15) is 16.7 Å². The van der Waals surface area contributed by atoms with E-state index in [1.54, 1.807) is 25.1 Å². The van der Waals surface area contributed by atoms with E-state index in [-0.39, 0.29) is 24.6 Å². The zero-order valence-electron chi connectivity index (χ0n) is 14.2. The van der Waals surface area contributed by atoms with Gasteiger partial charge in [-0.2, -0.15) is 5.10 Å². The predicted molar refractivity (Wildman–Crippen MR) is 101 cm³/mol. The van der Waals surface area contributed by atoms with Gasteiger partial charge in [-0.1, -0.05) is 29.8 Å². The summed E-state index contributed by atoms with van der Waals surface area (Å²) in [5.41, 5.74) is 14.1. The fraction of sp³-hybridized carbons (Fsp3) is 0.158. The van der Waals surface area contributed by atoms with Crippen LogP contribution in [-0.2, 0) is 13.1 Å². The third-order valence-corrected chi connectivity index (χ3v) is 4.63. The standard InChI is InChI=1S/C19H18ClFN4O/c1-11-17(23)19(26)25(10-13-4-2-3-5-15(13)20)24-18(11)12-6-7-16(21)14(8-12)9-22/h2-8H,9-10,22-23H2,1H3. The van der Waals surface area contributed by atoms with Crippen molar-refractivity contribution < 1.29 is 4.39 Å². The summed E-state index contributed by atoms with van der Waals surface area (Å²) < 4.78 is 15.0. The van der Waals surface area contributed by atoms with E-state index in [0.29, 0.717) is 27.4 Å². The minimum absolute atomic E-state index is 0.0630. The molecule has 0 spiro atoms. The van der Waals surface area contributed by atoms with Crippen molar-refractivity contribution in [2.45, 2.75) is 20.0 Å². The number of hydrogen-bond acceptors (Lipinski definition) is 4. The van der Waals surface area contributed by atoms with Crippen molar-refractivity contribution in [3.8, 4) is 11.3 Å². The van der Waals surface area contributed by atoms with E-state index in [9.17, 15) is 9.18 Å². The van der Waals surface area contributed by atoms with E-state index in [2.05, 4.69) is 5.10 Å². The lowest BCUT2D eigenvalue weighted by atomic mass is 10.0. The van der Waals surface area contributed by atoms with E-state index in [4.69, 9.17) is 23.1 Å². The van der Waals surface area contributed by atoms with Crippen LogP contribution >= 0.6 is 11.6 Å². The summed E-state index contributed by atoms with van der Waals surface area (Å²) in [7, 11) is 0. The minimum atomic E-state index is -0.396. The molecule has 0 atom stereocenters. The Balaban J connectivity index is 2.14. The van der Waals surface area contributed by atoms with Crippen LogP contribution in [0.3, 0.4) is 0 Å². The third kappa shape index (κ3) is 3.34. The molecule has 0 fully saturated rings. The maximum absolute atomic E-state index is 13.7. The highest BCUT2D eigenvalue weighted by molar-refractivity contribution is 6.31. The number of rotatable bonds is 4. The highest BCUT2D eigenvalue weighted by Gasteiger charge is 2.15. The molecule has 7 heteroatoms. The van der Waals surface area contributed by atoms with Crippen molar-refractivity contribution in [3.05, 3.63) is 80.3 Å². The second-order valence-corrected chi connectivity index (χ2v) is 6.36. The number of anilines is 1. The highest BCUT2D eigenvalue weighted by Crippen LogP contribution is 2.25. The van der Waals surface area contributed by atoms with Crippen LogP contribution in [0.25, 0.3) is 11.3 Å². The monoisotopic (exact) mass is 372 g/mol. The zero-order chi connectivity index (χ0) is 18.8. The van der Waals surface area contributed by atoms with Gasteiger partial charge in [0.05, 0.1) is 12.2 Å². The van der Waals surface area contributed by atoms with Crippen molar-refractivity contribution >= 4 is 17.3 Å². The number of benzene rings is 2. The van der Waals surface area contributed by atoms with Gasteiger partial charge in [-0.3, -0.25) is 4.79 Å². The number of nitrogens with zero attached hydrogens (tertiary/aromatic N) is 2. The first kappa shape index (κ1) is 18.1. The average Bonchev–Trinajstić information content (AvgIpc) is 2.64. The fourth-order valence-electron chi connectivity index (χ4n) is 2.72. The smallest absolute Gasteiger partial charge is 0.290 e. The first-order valence-corrected chi connectivity index (χ1v) is 8.39. The number of nitrogen functional groups attached to an aromatic ring is 1. The summed E-state index contributed by atoms with van der Waals surface area (Å²) >= 11 is 6.18. The molecule has 3 rings (SSSR count). The van der Waals surface area contributed by atoms with E-state index in [0.717, 1.165) is 5.56 Å². The summed E-state index contributed by atoms with van der Waals surface area (Å²) in [5.74, 6) is -0.383. The maximum atomic E-state index is 13.7. The second-order valence-electron chi connectivity index (χ2n) is 5.95. The van der Waals surface area contributed by atoms with Crippen molar-refractivity contribution in [1.82, 2.24) is 9.78 Å². The number of aromatic nitrogens is 2. The van der Waals surface area contributed by atoms with E-state index in [1.807, 2.05) is 18.2 Å². The molecule has 1 aromatic heterocycles. The molecule has 0 aliphatic rings. The van der Waals surface area contributed by atoms with E-state index >= 15 is 0 Å². The molecule has 0 bridgehead atoms. The molecule has 2 aromatic carbocycles. The average molecular weight is 373 g/mol. The lowest BCUT2D eigenvalue weighted by Crippen LogP contribution is -2.28. The van der Waals surface area contributed by atoms with Crippen LogP contribution in [0.2, 0.25) is 5.02 Å². The molecule has 0 aliphatic heterocycles. The van der Waals surface area contributed by atoms with Crippen molar-refractivity contribution in [3.63, 3.8) is 0 Å². The third-order valence-electron chi connectivity index (χ3n) is 4.26. The van der Waals surface area contributed by atoms with Gasteiger partial charge in [0.25, 0.3) is 5.56 Å². The Morgan fingerprint density at radius 1 is 1.19 bits per heavy atom. The van der Waals surface area contributed by atoms with Crippen molar-refractivity contribution in [1.29, 1.82) is 0 Å². The van der Waals surface area contributed by atoms with Crippen LogP contribution in [0.5, 0.6) is 0 Å². The van der Waals surface area contributed by atoms with Gasteiger partial charge in [0.1, 0.15) is 11.5 Å². The summed E-state index contributed by atoms with van der Waals surface area (Å²) in [6, 6.07) is 11.7. The van der Waals surface area contributed by atoms with Gasteiger partial charge in [-0.05, 0) is 36.8 Å². The molecule has 26 heavy (non-hydrogen) atoms. The topological polar surface area (TPSA) is 86.9 Å². The normalized spacial score (nSPS) is 10.9. The van der Waals surface area contributed by atoms with Crippen LogP contribution < -0.4 is 17.0 Å². The number of halogens is 2. The van der Waals surface area contributed by atoms with Gasteiger partial charge in [-0.25, -0.2) is 9.07 Å². The second kappa shape index (κ2) is 7.27. The Hall–Kier alpha value is -2.70. The quantitative estimate of drug-likeness (QED) is 0.736. The van der Waals surface area contributed by atoms with Crippen LogP contribution in [0.15, 0.2) is 47.3 Å². The van der Waals surface area contributed by atoms with Crippen LogP contribution in [0.4, 0.5) is 10.1 Å². The van der Waals surface area contributed by atoms with Gasteiger partial charge >= 0.3 is 0 Å². The molecule has 0 saturated heterocycles. The predicted octanol–water partition coefficient (Wildman–Crippen LogP) is 3.10. The molecule has 0 radical (unpaired) electrons. The van der Waals surface area contributed by atoms with Gasteiger partial charge in [-0.15, -0.1) is 0 Å². The molecule has 1 heterocycles. The fourth-order valence-corrected chi connectivity index (χ4v) is 2.91. The Morgan fingerprint density at radius 3 is 2.62 bits per heavy atom. The zero-order valence-corrected chi connectivity index (χ0v) is 14.9. The molecular formula is C19H18ClFN4O. The number of nitrogens with two attached hydrogens (primary N) is 2. The minimum Gasteiger partial charge on any atom is -0.394 e. The summed E-state index contributed by atoms with van der Waals surface area (Å²) in [6.07, 6.45) is 0. The largest absolute Gasteiger partial charge is 0.394 e. The molecule has 0 amide bonds. The van der Waals surface area contributed by atoms with Gasteiger partial charge in [0, 0.05) is 28.3 Å². The molecular weight excluding hydrogens is 355 g/mol. The van der Waals surface area contributed by atoms with Crippen molar-refractivity contribution in [2.75, 3.05) is 5.73 Å². The van der Waals surface area contributed by atoms with Gasteiger partial charge < -0.3 is 11.5 Å². The Kier molecular flexibility index (Phi) is 5.06. The molecule has 3 aromatic rings. The Bertz CT molecular complexity index is 1030. The molecule has 5 nitrogen and oxygen atoms in total. The lowest BCUT2D eigenvalue weighted by Gasteiger charge is -2.14. The summed E-state index contributed by atoms with van der Waals surface area (Å²) in [5, 5.41) is 4.98. The first-order chi connectivity index (χ1) is 12.4. The Labute approximate surface area is 155 Å². The van der Waals surface area contributed by atoms with E-state index in [1.165, 1.54) is 10.7 Å². The van der Waals surface area contributed by atoms with Crippen molar-refractivity contribution in [2.24, 2.45) is 5.73 Å². The Morgan fingerprint density at radius 2 is 1.92 bits per heavy atom. The number of hydrogen-bond donors (Lipinski definition) is 2. The van der Waals surface area contributed by atoms with Gasteiger partial charge in [0.15, 0.2) is 0 Å².